The molecule has 1 aromatic carbocycles. The number of fused-ring (bicyclic) bond motifs is 1. The summed E-state index contributed by atoms with van der Waals surface area (Å²) in [6.45, 7) is 5.76. The van der Waals surface area contributed by atoms with Gasteiger partial charge in [-0.25, -0.2) is 4.79 Å². The molecule has 0 saturated carbocycles. The molecule has 28 heavy (non-hydrogen) atoms. The number of carbonyl (C=O) groups is 2. The number of likely N-dealkylation sites (N-methyl/N-ethyl adjacent to an activating group) is 1. The molecule has 2 N–H and O–H groups in total. The number of piperidine rings is 1. The Morgan fingerprint density at radius 1 is 1.39 bits per heavy atom. The van der Waals surface area contributed by atoms with E-state index < -0.39 is 0 Å². The van der Waals surface area contributed by atoms with Crippen molar-refractivity contribution in [3.8, 4) is 5.75 Å². The number of halogens is 1. The third kappa shape index (κ3) is 4.52. The number of benzene rings is 1. The highest BCUT2D eigenvalue weighted by molar-refractivity contribution is 6.32. The predicted molar refractivity (Wildman–Crippen MR) is 110 cm³/mol. The van der Waals surface area contributed by atoms with Gasteiger partial charge in [0.25, 0.3) is 0 Å². The van der Waals surface area contributed by atoms with E-state index in [9.17, 15) is 9.59 Å². The average molecular weight is 407 g/mol. The standard InChI is InChI=1S/C20H27ClN4O3/c1-4-28-19-10-18-14(9-17(19)21)8-15(23-18)11-22-20(27)24(3)16-6-5-7-25(12-16)13(2)26/h8-10,16,23H,4-7,11-12H2,1-3H3,(H,22,27)/t16-/m1/s1. The molecule has 0 unspecified atom stereocenters. The van der Waals surface area contributed by atoms with Gasteiger partial charge >= 0.3 is 6.03 Å². The molecule has 0 spiro atoms. The number of hydrogen-bond donors (Lipinski definition) is 2. The lowest BCUT2D eigenvalue weighted by atomic mass is 10.0. The molecule has 1 aliphatic heterocycles. The number of aromatic nitrogens is 1. The summed E-state index contributed by atoms with van der Waals surface area (Å²) < 4.78 is 5.52. The minimum absolute atomic E-state index is 0.0351. The van der Waals surface area contributed by atoms with Gasteiger partial charge in [0.2, 0.25) is 5.91 Å². The summed E-state index contributed by atoms with van der Waals surface area (Å²) in [7, 11) is 1.78. The van der Waals surface area contributed by atoms with Crippen molar-refractivity contribution in [2.24, 2.45) is 0 Å². The Balaban J connectivity index is 1.61. The molecule has 1 aliphatic rings. The Kier molecular flexibility index (Phi) is 6.34. The highest BCUT2D eigenvalue weighted by Crippen LogP contribution is 2.30. The third-order valence-corrected chi connectivity index (χ3v) is 5.46. The van der Waals surface area contributed by atoms with E-state index in [-0.39, 0.29) is 18.0 Å². The predicted octanol–water partition coefficient (Wildman–Crippen LogP) is 3.37. The fourth-order valence-electron chi connectivity index (χ4n) is 3.57. The molecular formula is C20H27ClN4O3. The van der Waals surface area contributed by atoms with Crippen molar-refractivity contribution in [2.45, 2.75) is 39.3 Å². The van der Waals surface area contributed by atoms with Crippen LogP contribution in [0.3, 0.4) is 0 Å². The molecule has 2 heterocycles. The molecule has 1 fully saturated rings. The van der Waals surface area contributed by atoms with Gasteiger partial charge in [-0.15, -0.1) is 0 Å². The lowest BCUT2D eigenvalue weighted by molar-refractivity contribution is -0.130. The number of nitrogens with one attached hydrogen (secondary N) is 2. The van der Waals surface area contributed by atoms with Gasteiger partial charge in [0.1, 0.15) is 5.75 Å². The summed E-state index contributed by atoms with van der Waals surface area (Å²) in [5, 5.41) is 4.48. The number of amides is 3. The Hall–Kier alpha value is -2.41. The molecule has 3 rings (SSSR count). The zero-order valence-corrected chi connectivity index (χ0v) is 17.3. The smallest absolute Gasteiger partial charge is 0.317 e. The van der Waals surface area contributed by atoms with Crippen molar-refractivity contribution in [3.05, 3.63) is 28.9 Å². The minimum Gasteiger partial charge on any atom is -0.492 e. The van der Waals surface area contributed by atoms with E-state index in [4.69, 9.17) is 16.3 Å². The number of aromatic amines is 1. The molecule has 0 bridgehead atoms. The summed E-state index contributed by atoms with van der Waals surface area (Å²) in [6, 6.07) is 5.58. The molecule has 7 nitrogen and oxygen atoms in total. The second-order valence-corrected chi connectivity index (χ2v) is 7.54. The van der Waals surface area contributed by atoms with Gasteiger partial charge in [-0.1, -0.05) is 11.6 Å². The van der Waals surface area contributed by atoms with E-state index in [1.165, 1.54) is 0 Å². The monoisotopic (exact) mass is 406 g/mol. The Bertz CT molecular complexity index is 866. The molecule has 0 radical (unpaired) electrons. The summed E-state index contributed by atoms with van der Waals surface area (Å²) in [5.41, 5.74) is 1.80. The number of urea groups is 1. The van der Waals surface area contributed by atoms with Crippen molar-refractivity contribution in [1.29, 1.82) is 0 Å². The van der Waals surface area contributed by atoms with Crippen LogP contribution in [0.25, 0.3) is 10.9 Å². The number of rotatable bonds is 5. The fraction of sp³-hybridized carbons (Fsp3) is 0.500. The maximum atomic E-state index is 12.6. The molecule has 1 saturated heterocycles. The first kappa shape index (κ1) is 20.3. The molecule has 0 aliphatic carbocycles. The van der Waals surface area contributed by atoms with Gasteiger partial charge < -0.3 is 24.8 Å². The van der Waals surface area contributed by atoms with Crippen molar-refractivity contribution in [2.75, 3.05) is 26.7 Å². The number of nitrogens with zero attached hydrogens (tertiary/aromatic N) is 2. The zero-order chi connectivity index (χ0) is 20.3. The molecule has 2 aromatic rings. The average Bonchev–Trinajstić information content (AvgIpc) is 3.07. The van der Waals surface area contributed by atoms with E-state index in [1.54, 1.807) is 23.8 Å². The number of hydrogen-bond acceptors (Lipinski definition) is 3. The van der Waals surface area contributed by atoms with Crippen LogP contribution in [0.4, 0.5) is 4.79 Å². The summed E-state index contributed by atoms with van der Waals surface area (Å²) in [6.07, 6.45) is 1.81. The van der Waals surface area contributed by atoms with E-state index in [2.05, 4.69) is 10.3 Å². The van der Waals surface area contributed by atoms with E-state index in [1.807, 2.05) is 25.1 Å². The number of carbonyl (C=O) groups excluding carboxylic acids is 2. The molecule has 1 atom stereocenters. The highest BCUT2D eigenvalue weighted by atomic mass is 35.5. The van der Waals surface area contributed by atoms with Gasteiger partial charge in [0.15, 0.2) is 0 Å². The van der Waals surface area contributed by atoms with Crippen molar-refractivity contribution in [1.82, 2.24) is 20.1 Å². The zero-order valence-electron chi connectivity index (χ0n) is 16.5. The van der Waals surface area contributed by atoms with Crippen LogP contribution >= 0.6 is 11.6 Å². The van der Waals surface area contributed by atoms with Crippen molar-refractivity contribution < 1.29 is 14.3 Å². The lowest BCUT2D eigenvalue weighted by Crippen LogP contribution is -2.52. The van der Waals surface area contributed by atoms with E-state index in [0.717, 1.165) is 36.0 Å². The van der Waals surface area contributed by atoms with Crippen LogP contribution < -0.4 is 10.1 Å². The Morgan fingerprint density at radius 2 is 2.18 bits per heavy atom. The van der Waals surface area contributed by atoms with E-state index >= 15 is 0 Å². The molecular weight excluding hydrogens is 380 g/mol. The molecule has 3 amide bonds. The van der Waals surface area contributed by atoms with Crippen LogP contribution in [-0.2, 0) is 11.3 Å². The molecule has 152 valence electrons. The summed E-state index contributed by atoms with van der Waals surface area (Å²) >= 11 is 6.24. The van der Waals surface area contributed by atoms with Crippen LogP contribution in [0.2, 0.25) is 5.02 Å². The topological polar surface area (TPSA) is 77.7 Å². The lowest BCUT2D eigenvalue weighted by Gasteiger charge is -2.37. The highest BCUT2D eigenvalue weighted by Gasteiger charge is 2.27. The van der Waals surface area contributed by atoms with Gasteiger partial charge in [-0.3, -0.25) is 4.79 Å². The first-order valence-corrected chi connectivity index (χ1v) is 9.97. The summed E-state index contributed by atoms with van der Waals surface area (Å²) in [5.74, 6) is 0.697. The van der Waals surface area contributed by atoms with Gasteiger partial charge in [-0.2, -0.15) is 0 Å². The minimum atomic E-state index is -0.151. The second-order valence-electron chi connectivity index (χ2n) is 7.13. The van der Waals surface area contributed by atoms with Crippen LogP contribution in [0, 0.1) is 0 Å². The SMILES string of the molecule is CCOc1cc2[nH]c(CNC(=O)N(C)[C@@H]3CCCN(C(C)=O)C3)cc2cc1Cl. The maximum absolute atomic E-state index is 12.6. The summed E-state index contributed by atoms with van der Waals surface area (Å²) in [4.78, 5) is 31.0. The first-order chi connectivity index (χ1) is 13.4. The fourth-order valence-corrected chi connectivity index (χ4v) is 3.80. The quantitative estimate of drug-likeness (QED) is 0.799. The van der Waals surface area contributed by atoms with Gasteiger partial charge in [-0.05, 0) is 31.9 Å². The van der Waals surface area contributed by atoms with Gasteiger partial charge in [0, 0.05) is 49.7 Å². The van der Waals surface area contributed by atoms with Crippen LogP contribution in [0.15, 0.2) is 18.2 Å². The third-order valence-electron chi connectivity index (χ3n) is 5.17. The van der Waals surface area contributed by atoms with Crippen molar-refractivity contribution >= 4 is 34.4 Å². The van der Waals surface area contributed by atoms with Gasteiger partial charge in [0.05, 0.1) is 24.2 Å². The first-order valence-electron chi connectivity index (χ1n) is 9.59. The Morgan fingerprint density at radius 3 is 2.89 bits per heavy atom. The maximum Gasteiger partial charge on any atom is 0.317 e. The van der Waals surface area contributed by atoms with Crippen LogP contribution in [0.1, 0.15) is 32.4 Å². The normalized spacial score (nSPS) is 16.9. The molecule has 1 aromatic heterocycles. The van der Waals surface area contributed by atoms with Crippen molar-refractivity contribution in [3.63, 3.8) is 0 Å². The van der Waals surface area contributed by atoms with E-state index in [0.29, 0.717) is 30.5 Å². The molecule has 8 heteroatoms. The number of ether oxygens (including phenoxy) is 1. The number of likely N-dealkylation sites (tertiary alicyclic amines) is 1. The largest absolute Gasteiger partial charge is 0.492 e. The Labute approximate surface area is 170 Å². The second kappa shape index (κ2) is 8.73. The van der Waals surface area contributed by atoms with Crippen LogP contribution in [-0.4, -0.2) is 59.5 Å². The van der Waals surface area contributed by atoms with Crippen LogP contribution in [0.5, 0.6) is 5.75 Å². The number of H-pyrrole nitrogens is 1.